The molecule has 4 saturated carbocycles. The Hall–Kier alpha value is 1.08. The monoisotopic (exact) mass is 360 g/mol. The van der Waals surface area contributed by atoms with Crippen LogP contribution < -0.4 is 0 Å². The van der Waals surface area contributed by atoms with E-state index in [4.69, 9.17) is 62.7 Å². The molecule has 0 amide bonds. The molecular formula is C12H9Cl5O2. The molecule has 0 aromatic rings. The number of halogens is 5. The summed E-state index contributed by atoms with van der Waals surface area (Å²) in [5.41, 5.74) is 0. The van der Waals surface area contributed by atoms with E-state index in [1.54, 1.807) is 0 Å². The highest BCUT2D eigenvalue weighted by Crippen LogP contribution is 2.81. The Morgan fingerprint density at radius 2 is 1.63 bits per heavy atom. The maximum atomic E-state index is 12.5. The molecule has 0 aromatic carbocycles. The molecule has 7 heteroatoms. The van der Waals surface area contributed by atoms with E-state index in [1.165, 1.54) is 0 Å². The van der Waals surface area contributed by atoms with Crippen molar-refractivity contribution in [3.8, 4) is 0 Å². The molecule has 19 heavy (non-hydrogen) atoms. The first-order valence-electron chi connectivity index (χ1n) is 6.37. The third-order valence-electron chi connectivity index (χ3n) is 6.10. The molecule has 1 aliphatic heterocycles. The topological polar surface area (TPSA) is 29.6 Å². The van der Waals surface area contributed by atoms with Crippen LogP contribution in [0.5, 0.6) is 0 Å². The van der Waals surface area contributed by atoms with E-state index < -0.39 is 19.5 Å². The second kappa shape index (κ2) is 3.07. The maximum absolute atomic E-state index is 12.5. The largest absolute Gasteiger partial charge is 0.369 e. The van der Waals surface area contributed by atoms with Crippen LogP contribution >= 0.6 is 58.0 Å². The van der Waals surface area contributed by atoms with Crippen molar-refractivity contribution in [1.82, 2.24) is 0 Å². The maximum Gasteiger partial charge on any atom is 0.176 e. The van der Waals surface area contributed by atoms with Crippen molar-refractivity contribution >= 4 is 63.8 Å². The van der Waals surface area contributed by atoms with Gasteiger partial charge in [-0.1, -0.05) is 23.2 Å². The molecule has 0 spiro atoms. The first-order valence-corrected chi connectivity index (χ1v) is 8.32. The summed E-state index contributed by atoms with van der Waals surface area (Å²) in [6, 6.07) is 0. The number of fused-ring (bicyclic) bond motifs is 12. The summed E-state index contributed by atoms with van der Waals surface area (Å²) in [6.07, 6.45) is 1.45. The lowest BCUT2D eigenvalue weighted by Crippen LogP contribution is -2.53. The SMILES string of the molecule is O=C1[C@H](Cl)[C@@]2(Cl)[C@H]3[C@H]4C[C@H]([C@@H]5O[C@H]45)[C@H]3[C@]1(Cl)C2(Cl)Cl. The zero-order chi connectivity index (χ0) is 13.5. The van der Waals surface area contributed by atoms with Gasteiger partial charge >= 0.3 is 0 Å². The van der Waals surface area contributed by atoms with Gasteiger partial charge in [0.2, 0.25) is 0 Å². The standard InChI is InChI=1S/C12H9Cl5O2/c13-8-9(18)11(15)5-3-1-2(6-7(3)19-6)4(5)10(8,14)12(11,16)17/h2-8H,1H2/t2-,3+,4+,5-,6-,7+,8+,10+,11-/m1/s1. The van der Waals surface area contributed by atoms with E-state index in [9.17, 15) is 4.79 Å². The average molecular weight is 362 g/mol. The highest BCUT2D eigenvalue weighted by atomic mass is 35.5. The van der Waals surface area contributed by atoms with E-state index in [-0.39, 0.29) is 41.7 Å². The van der Waals surface area contributed by atoms with Crippen LogP contribution in [0.2, 0.25) is 0 Å². The smallest absolute Gasteiger partial charge is 0.176 e. The van der Waals surface area contributed by atoms with Crippen molar-refractivity contribution in [2.24, 2.45) is 23.7 Å². The first kappa shape index (κ1) is 12.6. The van der Waals surface area contributed by atoms with E-state index in [1.807, 2.05) is 0 Å². The van der Waals surface area contributed by atoms with Gasteiger partial charge in [-0.15, -0.1) is 34.8 Å². The van der Waals surface area contributed by atoms with Gasteiger partial charge in [-0.3, -0.25) is 4.79 Å². The van der Waals surface area contributed by atoms with E-state index in [2.05, 4.69) is 0 Å². The minimum absolute atomic E-state index is 0.0318. The second-order valence-electron chi connectivity index (χ2n) is 6.46. The lowest BCUT2D eigenvalue weighted by Gasteiger charge is -2.39. The number of Topliss-reactive ketones (excluding diaryl/α,β-unsaturated/α-hetero) is 1. The molecule has 9 atom stereocenters. The summed E-state index contributed by atoms with van der Waals surface area (Å²) in [5, 5.41) is -0.931. The number of alkyl halides is 5. The van der Waals surface area contributed by atoms with Gasteiger partial charge < -0.3 is 4.74 Å². The van der Waals surface area contributed by atoms with Crippen molar-refractivity contribution < 1.29 is 9.53 Å². The van der Waals surface area contributed by atoms with Crippen molar-refractivity contribution in [3.05, 3.63) is 0 Å². The molecule has 4 aliphatic carbocycles. The Balaban J connectivity index is 1.78. The minimum Gasteiger partial charge on any atom is -0.369 e. The Morgan fingerprint density at radius 1 is 1.05 bits per heavy atom. The van der Waals surface area contributed by atoms with E-state index in [0.717, 1.165) is 6.42 Å². The molecule has 0 radical (unpaired) electrons. The van der Waals surface area contributed by atoms with Crippen molar-refractivity contribution in [1.29, 1.82) is 0 Å². The highest BCUT2D eigenvalue weighted by molar-refractivity contribution is 6.67. The lowest BCUT2D eigenvalue weighted by molar-refractivity contribution is -0.123. The molecular weight excluding hydrogens is 353 g/mol. The molecule has 2 nitrogen and oxygen atoms in total. The molecule has 5 fully saturated rings. The molecule has 104 valence electrons. The average Bonchev–Trinajstić information content (AvgIpc) is 2.91. The van der Waals surface area contributed by atoms with Crippen LogP contribution in [0, 0.1) is 23.7 Å². The second-order valence-corrected chi connectivity index (χ2v) is 9.45. The molecule has 5 rings (SSSR count). The van der Waals surface area contributed by atoms with Crippen LogP contribution in [-0.2, 0) is 9.53 Å². The van der Waals surface area contributed by atoms with Gasteiger partial charge in [-0.25, -0.2) is 0 Å². The Labute approximate surface area is 135 Å². The fraction of sp³-hybridized carbons (Fsp3) is 0.917. The lowest BCUT2D eigenvalue weighted by atomic mass is 9.70. The fourth-order valence-electron chi connectivity index (χ4n) is 5.48. The third-order valence-corrected chi connectivity index (χ3v) is 9.84. The van der Waals surface area contributed by atoms with E-state index >= 15 is 0 Å². The number of carbonyl (C=O) groups excluding carboxylic acids is 1. The predicted molar refractivity (Wildman–Crippen MR) is 73.5 cm³/mol. The van der Waals surface area contributed by atoms with Gasteiger partial charge in [0.15, 0.2) is 10.1 Å². The number of ether oxygens (including phenoxy) is 1. The van der Waals surface area contributed by atoms with Crippen LogP contribution in [0.4, 0.5) is 0 Å². The van der Waals surface area contributed by atoms with Gasteiger partial charge in [0, 0.05) is 0 Å². The summed E-state index contributed by atoms with van der Waals surface area (Å²) in [5.74, 6) is 0.0582. The number of rotatable bonds is 0. The van der Waals surface area contributed by atoms with Gasteiger partial charge in [-0.2, -0.15) is 0 Å². The molecule has 0 N–H and O–H groups in total. The van der Waals surface area contributed by atoms with Crippen LogP contribution in [0.1, 0.15) is 6.42 Å². The van der Waals surface area contributed by atoms with Gasteiger partial charge in [0.1, 0.15) is 15.1 Å². The Bertz CT molecular complexity index is 538. The molecule has 4 bridgehead atoms. The fourth-order valence-corrected chi connectivity index (χ4v) is 8.19. The predicted octanol–water partition coefficient (Wildman–Crippen LogP) is 2.97. The van der Waals surface area contributed by atoms with Crippen molar-refractivity contribution in [3.63, 3.8) is 0 Å². The summed E-state index contributed by atoms with van der Waals surface area (Å²) in [6.45, 7) is 0. The summed E-state index contributed by atoms with van der Waals surface area (Å²) >= 11 is 32.6. The number of epoxide rings is 1. The molecule has 1 saturated heterocycles. The van der Waals surface area contributed by atoms with Gasteiger partial charge in [0.25, 0.3) is 0 Å². The van der Waals surface area contributed by atoms with Gasteiger partial charge in [0.05, 0.1) is 12.2 Å². The number of hydrogen-bond acceptors (Lipinski definition) is 2. The normalized spacial score (nSPS) is 70.4. The first-order chi connectivity index (χ1) is 8.78. The molecule has 0 aromatic heterocycles. The molecule has 5 aliphatic rings. The van der Waals surface area contributed by atoms with Crippen LogP contribution in [-0.4, -0.2) is 37.4 Å². The van der Waals surface area contributed by atoms with Crippen LogP contribution in [0.15, 0.2) is 0 Å². The number of hydrogen-bond donors (Lipinski definition) is 0. The Morgan fingerprint density at radius 3 is 2.26 bits per heavy atom. The zero-order valence-corrected chi connectivity index (χ0v) is 13.2. The number of carbonyl (C=O) groups is 1. The van der Waals surface area contributed by atoms with Crippen LogP contribution in [0.3, 0.4) is 0 Å². The molecule has 0 unspecified atom stereocenters. The Kier molecular flexibility index (Phi) is 2.04. The van der Waals surface area contributed by atoms with Crippen molar-refractivity contribution in [2.75, 3.05) is 0 Å². The summed E-state index contributed by atoms with van der Waals surface area (Å²) in [7, 11) is 0. The minimum atomic E-state index is -1.52. The highest BCUT2D eigenvalue weighted by Gasteiger charge is 2.92. The van der Waals surface area contributed by atoms with Crippen LogP contribution in [0.25, 0.3) is 0 Å². The van der Waals surface area contributed by atoms with Crippen molar-refractivity contribution in [2.45, 2.75) is 38.1 Å². The quantitative estimate of drug-likeness (QED) is 0.377. The summed E-state index contributed by atoms with van der Waals surface area (Å²) in [4.78, 5) is 9.94. The molecule has 1 heterocycles. The van der Waals surface area contributed by atoms with E-state index in [0.29, 0.717) is 0 Å². The number of ketones is 1. The summed E-state index contributed by atoms with van der Waals surface area (Å²) < 4.78 is 4.15. The third kappa shape index (κ3) is 0.937. The zero-order valence-electron chi connectivity index (χ0n) is 9.45. The van der Waals surface area contributed by atoms with Gasteiger partial charge in [-0.05, 0) is 30.1 Å².